The molecule has 29 heavy (non-hydrogen) atoms. The molecule has 3 N–H and O–H groups in total. The summed E-state index contributed by atoms with van der Waals surface area (Å²) in [5.74, 6) is 0. The number of hydrogen-bond acceptors (Lipinski definition) is 6. The van der Waals surface area contributed by atoms with E-state index in [-0.39, 0.29) is 22.2 Å². The molecule has 1 heterocycles. The van der Waals surface area contributed by atoms with E-state index in [1.165, 1.54) is 22.5 Å². The van der Waals surface area contributed by atoms with Gasteiger partial charge in [0.2, 0.25) is 10.0 Å². The smallest absolute Gasteiger partial charge is 0.270 e. The average molecular weight is 434 g/mol. The highest BCUT2D eigenvalue weighted by Crippen LogP contribution is 2.35. The van der Waals surface area contributed by atoms with Crippen LogP contribution in [0.3, 0.4) is 0 Å². The van der Waals surface area contributed by atoms with Crippen molar-refractivity contribution in [3.63, 3.8) is 0 Å². The van der Waals surface area contributed by atoms with Crippen LogP contribution >= 0.6 is 12.2 Å². The fourth-order valence-corrected chi connectivity index (χ4v) is 5.05. The van der Waals surface area contributed by atoms with Crippen molar-refractivity contribution in [3.8, 4) is 0 Å². The van der Waals surface area contributed by atoms with Crippen LogP contribution in [-0.4, -0.2) is 35.0 Å². The Morgan fingerprint density at radius 3 is 2.72 bits per heavy atom. The van der Waals surface area contributed by atoms with Gasteiger partial charge in [0.05, 0.1) is 21.6 Å². The van der Waals surface area contributed by atoms with Gasteiger partial charge in [-0.2, -0.15) is 9.41 Å². The maximum absolute atomic E-state index is 13.4. The maximum atomic E-state index is 13.4. The fraction of sp³-hybridized carbons (Fsp3) is 0.222. The number of hydrogen-bond donors (Lipinski definition) is 2. The molecule has 1 aliphatic heterocycles. The first-order chi connectivity index (χ1) is 13.7. The maximum Gasteiger partial charge on any atom is 0.270 e. The molecule has 1 unspecified atom stereocenters. The topological polar surface area (TPSA) is 131 Å². The van der Waals surface area contributed by atoms with E-state index in [2.05, 4.69) is 10.5 Å². The van der Waals surface area contributed by atoms with Crippen LogP contribution in [0.15, 0.2) is 58.5 Å². The van der Waals surface area contributed by atoms with Crippen LogP contribution in [0.1, 0.15) is 24.1 Å². The molecule has 9 nitrogen and oxygen atoms in total. The van der Waals surface area contributed by atoms with E-state index in [1.54, 1.807) is 6.92 Å². The second-order valence-electron chi connectivity index (χ2n) is 6.45. The Kier molecular flexibility index (Phi) is 5.91. The predicted molar refractivity (Wildman–Crippen MR) is 113 cm³/mol. The number of non-ortho nitro benzene ring substituents is 1. The number of thiocarbonyl (C=S) groups is 1. The van der Waals surface area contributed by atoms with Crippen LogP contribution in [0.2, 0.25) is 0 Å². The molecule has 0 radical (unpaired) electrons. The zero-order valence-corrected chi connectivity index (χ0v) is 17.1. The quantitative estimate of drug-likeness (QED) is 0.319. The van der Waals surface area contributed by atoms with Crippen LogP contribution in [0.5, 0.6) is 0 Å². The van der Waals surface area contributed by atoms with Gasteiger partial charge in [-0.15, -0.1) is 0 Å². The Morgan fingerprint density at radius 1 is 1.31 bits per heavy atom. The number of nitro groups is 1. The lowest BCUT2D eigenvalue weighted by Gasteiger charge is -2.36. The molecule has 0 saturated heterocycles. The van der Waals surface area contributed by atoms with Gasteiger partial charge in [-0.05, 0) is 42.8 Å². The number of fused-ring (bicyclic) bond motifs is 1. The third-order valence-corrected chi connectivity index (χ3v) is 6.56. The fourth-order valence-electron chi connectivity index (χ4n) is 3.33. The number of benzene rings is 2. The molecule has 0 aromatic heterocycles. The Morgan fingerprint density at radius 2 is 2.03 bits per heavy atom. The summed E-state index contributed by atoms with van der Waals surface area (Å²) in [7, 11) is -4.04. The average Bonchev–Trinajstić information content (AvgIpc) is 2.71. The van der Waals surface area contributed by atoms with Gasteiger partial charge in [0.25, 0.3) is 5.69 Å². The molecule has 0 amide bonds. The minimum absolute atomic E-state index is 0.0402. The number of sulfonamides is 1. The number of nitrogens with one attached hydrogen (secondary N) is 1. The molecule has 1 atom stereocenters. The van der Waals surface area contributed by atoms with Crippen molar-refractivity contribution in [1.82, 2.24) is 9.73 Å². The molecule has 0 saturated carbocycles. The van der Waals surface area contributed by atoms with E-state index in [4.69, 9.17) is 18.0 Å². The lowest BCUT2D eigenvalue weighted by atomic mass is 9.92. The highest BCUT2D eigenvalue weighted by Gasteiger charge is 2.38. The molecule has 0 bridgehead atoms. The molecule has 0 spiro atoms. The predicted octanol–water partition coefficient (Wildman–Crippen LogP) is 2.09. The normalized spacial score (nSPS) is 17.4. The van der Waals surface area contributed by atoms with E-state index >= 15 is 0 Å². The second-order valence-corrected chi connectivity index (χ2v) is 8.78. The monoisotopic (exact) mass is 433 g/mol. The molecule has 0 fully saturated rings. The van der Waals surface area contributed by atoms with Gasteiger partial charge in [0, 0.05) is 18.7 Å². The van der Waals surface area contributed by atoms with E-state index in [9.17, 15) is 18.5 Å². The Bertz CT molecular complexity index is 1100. The summed E-state index contributed by atoms with van der Waals surface area (Å²) in [6.45, 7) is 1.88. The minimum atomic E-state index is -4.04. The van der Waals surface area contributed by atoms with Gasteiger partial charge in [0.1, 0.15) is 0 Å². The number of nitrogens with zero attached hydrogens (tertiary/aromatic N) is 3. The van der Waals surface area contributed by atoms with Gasteiger partial charge in [0.15, 0.2) is 5.11 Å². The Labute approximate surface area is 173 Å². The van der Waals surface area contributed by atoms with Crippen molar-refractivity contribution < 1.29 is 13.3 Å². The zero-order valence-electron chi connectivity index (χ0n) is 15.5. The SMILES string of the molecule is C/C(=N\NC(N)=S)C1c2ccccc2CCN1S(=O)(=O)c1cccc([N+](=O)[O-])c1. The summed E-state index contributed by atoms with van der Waals surface area (Å²) < 4.78 is 28.1. The van der Waals surface area contributed by atoms with Crippen molar-refractivity contribution in [3.05, 3.63) is 69.8 Å². The molecular formula is C18H19N5O4S2. The van der Waals surface area contributed by atoms with E-state index in [0.29, 0.717) is 12.1 Å². The lowest BCUT2D eigenvalue weighted by molar-refractivity contribution is -0.385. The van der Waals surface area contributed by atoms with Crippen LogP contribution < -0.4 is 11.2 Å². The van der Waals surface area contributed by atoms with Gasteiger partial charge < -0.3 is 5.73 Å². The third kappa shape index (κ3) is 4.26. The van der Waals surface area contributed by atoms with Crippen LogP contribution in [-0.2, 0) is 16.4 Å². The third-order valence-electron chi connectivity index (χ3n) is 4.61. The van der Waals surface area contributed by atoms with E-state index in [1.807, 2.05) is 24.3 Å². The highest BCUT2D eigenvalue weighted by molar-refractivity contribution is 7.89. The zero-order chi connectivity index (χ0) is 21.2. The molecule has 3 rings (SSSR count). The molecule has 0 aliphatic carbocycles. The standard InChI is InChI=1S/C18H19N5O4S2/c1-12(20-21-18(19)28)17-16-8-3-2-5-13(16)9-10-22(17)29(26,27)15-7-4-6-14(11-15)23(24)25/h2-8,11,17H,9-10H2,1H3,(H3,19,21,28)/b20-12+. The van der Waals surface area contributed by atoms with Crippen molar-refractivity contribution in [2.45, 2.75) is 24.3 Å². The Hall–Kier alpha value is -2.89. The number of nitro benzene ring substituents is 1. The van der Waals surface area contributed by atoms with Gasteiger partial charge >= 0.3 is 0 Å². The van der Waals surface area contributed by atoms with Gasteiger partial charge in [-0.25, -0.2) is 8.42 Å². The lowest BCUT2D eigenvalue weighted by Crippen LogP contribution is -2.43. The van der Waals surface area contributed by atoms with Gasteiger partial charge in [-0.1, -0.05) is 30.3 Å². The molecule has 2 aromatic carbocycles. The number of hydrazone groups is 1. The number of rotatable bonds is 5. The molecular weight excluding hydrogens is 414 g/mol. The van der Waals surface area contributed by atoms with Crippen molar-refractivity contribution >= 4 is 38.8 Å². The van der Waals surface area contributed by atoms with Crippen LogP contribution in [0.25, 0.3) is 0 Å². The summed E-state index contributed by atoms with van der Waals surface area (Å²) in [5.41, 5.74) is 9.88. The van der Waals surface area contributed by atoms with Gasteiger partial charge in [-0.3, -0.25) is 15.5 Å². The summed E-state index contributed by atoms with van der Waals surface area (Å²) >= 11 is 4.78. The van der Waals surface area contributed by atoms with E-state index in [0.717, 1.165) is 17.2 Å². The van der Waals surface area contributed by atoms with Crippen molar-refractivity contribution in [2.75, 3.05) is 6.54 Å². The van der Waals surface area contributed by atoms with Crippen LogP contribution in [0.4, 0.5) is 5.69 Å². The Balaban J connectivity index is 2.11. The first-order valence-corrected chi connectivity index (χ1v) is 10.5. The summed E-state index contributed by atoms with van der Waals surface area (Å²) in [6.07, 6.45) is 0.511. The molecule has 2 aromatic rings. The van der Waals surface area contributed by atoms with Crippen molar-refractivity contribution in [2.24, 2.45) is 10.8 Å². The second kappa shape index (κ2) is 8.23. The summed E-state index contributed by atoms with van der Waals surface area (Å²) in [6, 6.07) is 11.8. The molecule has 11 heteroatoms. The van der Waals surface area contributed by atoms with Crippen molar-refractivity contribution in [1.29, 1.82) is 0 Å². The first-order valence-electron chi connectivity index (χ1n) is 8.65. The summed E-state index contributed by atoms with van der Waals surface area (Å²) in [5, 5.41) is 15.2. The number of nitrogens with two attached hydrogens (primary N) is 1. The molecule has 1 aliphatic rings. The highest BCUT2D eigenvalue weighted by atomic mass is 32.2. The van der Waals surface area contributed by atoms with Crippen LogP contribution in [0, 0.1) is 10.1 Å². The molecule has 152 valence electrons. The first kappa shape index (κ1) is 20.8. The summed E-state index contributed by atoms with van der Waals surface area (Å²) in [4.78, 5) is 10.3. The largest absolute Gasteiger partial charge is 0.375 e. The minimum Gasteiger partial charge on any atom is -0.375 e. The van der Waals surface area contributed by atoms with E-state index < -0.39 is 21.0 Å².